The van der Waals surface area contributed by atoms with E-state index in [-0.39, 0.29) is 23.4 Å². The lowest BCUT2D eigenvalue weighted by molar-refractivity contribution is -0.142. The fourth-order valence-corrected chi connectivity index (χ4v) is 7.94. The van der Waals surface area contributed by atoms with Crippen molar-refractivity contribution in [2.45, 2.75) is 76.4 Å². The lowest BCUT2D eigenvalue weighted by Crippen LogP contribution is -2.48. The summed E-state index contributed by atoms with van der Waals surface area (Å²) in [6, 6.07) is 1.56. The van der Waals surface area contributed by atoms with Gasteiger partial charge >= 0.3 is 5.97 Å². The van der Waals surface area contributed by atoms with Gasteiger partial charge in [-0.1, -0.05) is 6.92 Å². The number of carbonyl (C=O) groups is 2. The standard InChI is InChI=1S/C27H33F2NO4/c1-14-22(29)12-30(24(14)26(32)33)25(31)20-7-19(18-2-3-18)23(8-21(20)28)34-13-27-9-15-4-16(10-27)6-17(5-15)11-27/h7-8,14-18,22,24H,2-6,9-13H2,1H3,(H,32,33)/t14-,15?,16?,17?,22+,24-,27?/m0/s1. The molecular formula is C27H33F2NO4. The molecule has 1 heterocycles. The van der Waals surface area contributed by atoms with E-state index in [0.717, 1.165) is 41.1 Å². The Balaban J connectivity index is 1.25. The number of hydrogen-bond donors (Lipinski definition) is 1. The molecule has 7 heteroatoms. The van der Waals surface area contributed by atoms with Crippen molar-refractivity contribution >= 4 is 11.9 Å². The summed E-state index contributed by atoms with van der Waals surface area (Å²) in [6.07, 6.45) is 8.12. The minimum absolute atomic E-state index is 0.184. The zero-order valence-corrected chi connectivity index (χ0v) is 19.6. The van der Waals surface area contributed by atoms with Crippen molar-refractivity contribution in [1.82, 2.24) is 4.90 Å². The second kappa shape index (κ2) is 7.92. The third-order valence-corrected chi connectivity index (χ3v) is 9.34. The van der Waals surface area contributed by atoms with Crippen molar-refractivity contribution in [3.8, 4) is 5.75 Å². The molecule has 34 heavy (non-hydrogen) atoms. The van der Waals surface area contributed by atoms with E-state index in [1.165, 1.54) is 51.5 Å². The van der Waals surface area contributed by atoms with Crippen LogP contribution in [0.3, 0.4) is 0 Å². The molecule has 1 N–H and O–H groups in total. The van der Waals surface area contributed by atoms with E-state index in [9.17, 15) is 19.1 Å². The van der Waals surface area contributed by atoms with Crippen LogP contribution < -0.4 is 4.74 Å². The van der Waals surface area contributed by atoms with Crippen molar-refractivity contribution in [3.05, 3.63) is 29.1 Å². The quantitative estimate of drug-likeness (QED) is 0.618. The van der Waals surface area contributed by atoms with Crippen LogP contribution in [0.5, 0.6) is 5.75 Å². The van der Waals surface area contributed by atoms with Crippen molar-refractivity contribution in [2.24, 2.45) is 29.1 Å². The molecule has 7 rings (SSSR count). The largest absolute Gasteiger partial charge is 0.493 e. The van der Waals surface area contributed by atoms with E-state index in [2.05, 4.69) is 0 Å². The van der Waals surface area contributed by atoms with Gasteiger partial charge in [-0.05, 0) is 86.7 Å². The Morgan fingerprint density at radius 2 is 1.74 bits per heavy atom. The first-order chi connectivity index (χ1) is 16.2. The topological polar surface area (TPSA) is 66.8 Å². The first-order valence-electron chi connectivity index (χ1n) is 12.9. The number of amides is 1. The van der Waals surface area contributed by atoms with Crippen LogP contribution in [-0.4, -0.2) is 47.2 Å². The van der Waals surface area contributed by atoms with Gasteiger partial charge in [0.2, 0.25) is 0 Å². The zero-order chi connectivity index (χ0) is 23.8. The molecule has 5 nitrogen and oxygen atoms in total. The molecule has 0 aromatic heterocycles. The summed E-state index contributed by atoms with van der Waals surface area (Å²) < 4.78 is 35.9. The summed E-state index contributed by atoms with van der Waals surface area (Å²) in [4.78, 5) is 25.9. The van der Waals surface area contributed by atoms with Crippen LogP contribution >= 0.6 is 0 Å². The highest BCUT2D eigenvalue weighted by molar-refractivity contribution is 5.97. The van der Waals surface area contributed by atoms with Gasteiger partial charge in [0.05, 0.1) is 18.7 Å². The normalized spacial score (nSPS) is 38.4. The summed E-state index contributed by atoms with van der Waals surface area (Å²) in [7, 11) is 0. The number of carboxylic acids is 1. The first-order valence-corrected chi connectivity index (χ1v) is 12.9. The van der Waals surface area contributed by atoms with Crippen LogP contribution in [0.15, 0.2) is 12.1 Å². The minimum Gasteiger partial charge on any atom is -0.493 e. The second-order valence-electron chi connectivity index (χ2n) is 12.0. The van der Waals surface area contributed by atoms with Gasteiger partial charge in [0.1, 0.15) is 23.8 Å². The summed E-state index contributed by atoms with van der Waals surface area (Å²) in [6.45, 7) is 1.74. The van der Waals surface area contributed by atoms with Crippen LogP contribution in [0.2, 0.25) is 0 Å². The Morgan fingerprint density at radius 3 is 2.29 bits per heavy atom. The molecule has 6 fully saturated rings. The fraction of sp³-hybridized carbons (Fsp3) is 0.704. The highest BCUT2D eigenvalue weighted by Gasteiger charge is 2.51. The highest BCUT2D eigenvalue weighted by atomic mass is 19.1. The van der Waals surface area contributed by atoms with Crippen molar-refractivity contribution in [2.75, 3.05) is 13.2 Å². The smallest absolute Gasteiger partial charge is 0.326 e. The maximum Gasteiger partial charge on any atom is 0.326 e. The molecule has 1 aliphatic heterocycles. The molecule has 0 spiro atoms. The fourth-order valence-electron chi connectivity index (χ4n) is 7.94. The molecule has 1 aromatic carbocycles. The van der Waals surface area contributed by atoms with E-state index in [0.29, 0.717) is 12.4 Å². The van der Waals surface area contributed by atoms with E-state index in [1.807, 2.05) is 0 Å². The summed E-state index contributed by atoms with van der Waals surface area (Å²) in [5.74, 6) is -0.438. The molecule has 184 valence electrons. The van der Waals surface area contributed by atoms with E-state index in [1.54, 1.807) is 6.07 Å². The highest BCUT2D eigenvalue weighted by Crippen LogP contribution is 2.60. The number of halogens is 2. The van der Waals surface area contributed by atoms with Crippen molar-refractivity contribution in [3.63, 3.8) is 0 Å². The Hall–Kier alpha value is -2.18. The molecule has 1 saturated heterocycles. The summed E-state index contributed by atoms with van der Waals surface area (Å²) >= 11 is 0. The molecule has 0 unspecified atom stereocenters. The molecular weight excluding hydrogens is 440 g/mol. The lowest BCUT2D eigenvalue weighted by atomic mass is 9.50. The van der Waals surface area contributed by atoms with E-state index >= 15 is 4.39 Å². The Labute approximate surface area is 198 Å². The van der Waals surface area contributed by atoms with Gasteiger partial charge in [0.25, 0.3) is 5.91 Å². The second-order valence-corrected chi connectivity index (χ2v) is 12.0. The number of likely N-dealkylation sites (tertiary alicyclic amines) is 1. The number of hydrogen-bond acceptors (Lipinski definition) is 3. The van der Waals surface area contributed by atoms with Crippen molar-refractivity contribution < 1.29 is 28.2 Å². The summed E-state index contributed by atoms with van der Waals surface area (Å²) in [5.41, 5.74) is 0.832. The van der Waals surface area contributed by atoms with E-state index < -0.39 is 35.8 Å². The average molecular weight is 474 g/mol. The van der Waals surface area contributed by atoms with Crippen molar-refractivity contribution in [1.29, 1.82) is 0 Å². The third kappa shape index (κ3) is 3.70. The minimum atomic E-state index is -1.45. The SMILES string of the molecule is C[C@H]1[C@H](F)CN(C(=O)c2cc(C3CC3)c(OCC34CC5CC(CC(C5)C3)C4)cc2F)[C@@H]1C(=O)O. The van der Waals surface area contributed by atoms with E-state index in [4.69, 9.17) is 4.74 Å². The zero-order valence-electron chi connectivity index (χ0n) is 19.6. The molecule has 1 aromatic rings. The summed E-state index contributed by atoms with van der Waals surface area (Å²) in [5, 5.41) is 9.55. The van der Waals surface area contributed by atoms with Crippen LogP contribution in [0.1, 0.15) is 80.1 Å². The number of nitrogens with zero attached hydrogens (tertiary/aromatic N) is 1. The van der Waals surface area contributed by atoms with Crippen LogP contribution in [-0.2, 0) is 4.79 Å². The predicted octanol–water partition coefficient (Wildman–Crippen LogP) is 5.18. The maximum atomic E-state index is 15.3. The molecule has 6 aliphatic rings. The van der Waals surface area contributed by atoms with Gasteiger partial charge in [0.15, 0.2) is 0 Å². The van der Waals surface area contributed by atoms with Gasteiger partial charge in [-0.2, -0.15) is 0 Å². The first kappa shape index (κ1) is 22.3. The Morgan fingerprint density at radius 1 is 1.12 bits per heavy atom. The van der Waals surface area contributed by atoms with Gasteiger partial charge in [-0.25, -0.2) is 13.6 Å². The lowest BCUT2D eigenvalue weighted by Gasteiger charge is -2.56. The molecule has 3 atom stereocenters. The Kier molecular flexibility index (Phi) is 5.19. The number of carbonyl (C=O) groups excluding carboxylic acids is 1. The average Bonchev–Trinajstić information content (AvgIpc) is 3.56. The van der Waals surface area contributed by atoms with Gasteiger partial charge < -0.3 is 14.7 Å². The monoisotopic (exact) mass is 473 g/mol. The van der Waals surface area contributed by atoms with Gasteiger partial charge in [-0.3, -0.25) is 4.79 Å². The molecule has 1 amide bonds. The van der Waals surface area contributed by atoms with Crippen LogP contribution in [0.25, 0.3) is 0 Å². The van der Waals surface area contributed by atoms with Gasteiger partial charge in [0, 0.05) is 17.4 Å². The number of carboxylic acid groups (broad SMARTS) is 1. The number of ether oxygens (including phenoxy) is 1. The van der Waals surface area contributed by atoms with Crippen LogP contribution in [0.4, 0.5) is 8.78 Å². The van der Waals surface area contributed by atoms with Crippen LogP contribution in [0, 0.1) is 34.9 Å². The molecule has 4 bridgehead atoms. The number of benzene rings is 1. The maximum absolute atomic E-state index is 15.3. The third-order valence-electron chi connectivity index (χ3n) is 9.34. The molecule has 5 saturated carbocycles. The molecule has 5 aliphatic carbocycles. The molecule has 0 radical (unpaired) electrons. The van der Waals surface area contributed by atoms with Gasteiger partial charge in [-0.15, -0.1) is 0 Å². The predicted molar refractivity (Wildman–Crippen MR) is 121 cm³/mol. The Bertz CT molecular complexity index is 987. The number of aliphatic carboxylic acids is 1. The number of rotatable bonds is 6. The number of alkyl halides is 1.